The predicted molar refractivity (Wildman–Crippen MR) is 80.8 cm³/mol. The van der Waals surface area contributed by atoms with Gasteiger partial charge in [0.15, 0.2) is 0 Å². The van der Waals surface area contributed by atoms with E-state index in [4.69, 9.17) is 11.6 Å². The lowest BCUT2D eigenvalue weighted by Crippen LogP contribution is -2.27. The zero-order chi connectivity index (χ0) is 14.1. The molecule has 0 saturated carbocycles. The van der Waals surface area contributed by atoms with E-state index in [9.17, 15) is 4.79 Å². The maximum Gasteiger partial charge on any atom is 0.246 e. The van der Waals surface area contributed by atoms with Crippen molar-refractivity contribution in [1.82, 2.24) is 5.32 Å². The molecule has 0 fully saturated rings. The molecule has 0 aromatic heterocycles. The summed E-state index contributed by atoms with van der Waals surface area (Å²) >= 11 is 6.00. The first-order valence-electron chi connectivity index (χ1n) is 6.53. The molecule has 1 unspecified atom stereocenters. The lowest BCUT2D eigenvalue weighted by Gasteiger charge is -2.12. The van der Waals surface area contributed by atoms with E-state index in [1.54, 1.807) is 6.07 Å². The second-order valence-electron chi connectivity index (χ2n) is 5.02. The molecule has 0 bridgehead atoms. The molecule has 0 aliphatic carbocycles. The molecule has 2 aromatic carbocycles. The lowest BCUT2D eigenvalue weighted by atomic mass is 10.1. The minimum Gasteiger partial charge on any atom is -0.324 e. The van der Waals surface area contributed by atoms with Crippen molar-refractivity contribution in [2.45, 2.75) is 19.5 Å². The van der Waals surface area contributed by atoms with Gasteiger partial charge in [-0.25, -0.2) is 0 Å². The van der Waals surface area contributed by atoms with E-state index in [2.05, 4.69) is 41.8 Å². The minimum absolute atomic E-state index is 0.0330. The second-order valence-corrected chi connectivity index (χ2v) is 5.46. The number of benzene rings is 2. The van der Waals surface area contributed by atoms with Gasteiger partial charge in [-0.2, -0.15) is 0 Å². The Balaban J connectivity index is 1.76. The zero-order valence-electron chi connectivity index (χ0n) is 11.1. The van der Waals surface area contributed by atoms with Gasteiger partial charge in [-0.1, -0.05) is 41.4 Å². The SMILES string of the molecule is Cc1ccc(CNC2C(=O)Nc3ccc(Cl)cc32)cc1. The third-order valence-corrected chi connectivity index (χ3v) is 3.71. The van der Waals surface area contributed by atoms with E-state index >= 15 is 0 Å². The largest absolute Gasteiger partial charge is 0.324 e. The fourth-order valence-corrected chi connectivity index (χ4v) is 2.54. The quantitative estimate of drug-likeness (QED) is 0.907. The Labute approximate surface area is 123 Å². The van der Waals surface area contributed by atoms with Gasteiger partial charge < -0.3 is 5.32 Å². The van der Waals surface area contributed by atoms with Gasteiger partial charge >= 0.3 is 0 Å². The zero-order valence-corrected chi connectivity index (χ0v) is 11.9. The molecule has 1 heterocycles. The summed E-state index contributed by atoms with van der Waals surface area (Å²) in [5.41, 5.74) is 4.12. The number of amides is 1. The van der Waals surface area contributed by atoms with E-state index in [1.807, 2.05) is 12.1 Å². The van der Waals surface area contributed by atoms with Crippen LogP contribution in [0.15, 0.2) is 42.5 Å². The number of hydrogen-bond donors (Lipinski definition) is 2. The Kier molecular flexibility index (Phi) is 3.47. The van der Waals surface area contributed by atoms with Gasteiger partial charge in [-0.3, -0.25) is 10.1 Å². The van der Waals surface area contributed by atoms with Crippen LogP contribution in [0.5, 0.6) is 0 Å². The van der Waals surface area contributed by atoms with Crippen molar-refractivity contribution >= 4 is 23.2 Å². The summed E-state index contributed by atoms with van der Waals surface area (Å²) in [5, 5.41) is 6.78. The third-order valence-electron chi connectivity index (χ3n) is 3.48. The summed E-state index contributed by atoms with van der Waals surface area (Å²) in [7, 11) is 0. The first-order valence-corrected chi connectivity index (χ1v) is 6.90. The molecule has 0 radical (unpaired) electrons. The van der Waals surface area contributed by atoms with Crippen molar-refractivity contribution in [3.63, 3.8) is 0 Å². The van der Waals surface area contributed by atoms with Gasteiger partial charge in [0.2, 0.25) is 5.91 Å². The van der Waals surface area contributed by atoms with Gasteiger partial charge in [0.05, 0.1) is 0 Å². The molecule has 1 aliphatic heterocycles. The van der Waals surface area contributed by atoms with Crippen LogP contribution in [0.4, 0.5) is 5.69 Å². The highest BCUT2D eigenvalue weighted by atomic mass is 35.5. The molecule has 3 nitrogen and oxygen atoms in total. The molecule has 4 heteroatoms. The molecule has 3 rings (SSSR count). The van der Waals surface area contributed by atoms with E-state index in [1.165, 1.54) is 5.56 Å². The summed E-state index contributed by atoms with van der Waals surface area (Å²) in [5.74, 6) is -0.0330. The van der Waals surface area contributed by atoms with Crippen LogP contribution < -0.4 is 10.6 Å². The molecule has 1 aliphatic rings. The molecule has 0 spiro atoms. The van der Waals surface area contributed by atoms with Crippen molar-refractivity contribution in [3.8, 4) is 0 Å². The van der Waals surface area contributed by atoms with E-state index < -0.39 is 0 Å². The monoisotopic (exact) mass is 286 g/mol. The van der Waals surface area contributed by atoms with Crippen molar-refractivity contribution < 1.29 is 4.79 Å². The van der Waals surface area contributed by atoms with Crippen molar-refractivity contribution in [2.75, 3.05) is 5.32 Å². The first-order chi connectivity index (χ1) is 9.63. The summed E-state index contributed by atoms with van der Waals surface area (Å²) in [6.45, 7) is 2.70. The van der Waals surface area contributed by atoms with Crippen LogP contribution in [0.25, 0.3) is 0 Å². The maximum absolute atomic E-state index is 12.0. The number of carbonyl (C=O) groups excluding carboxylic acids is 1. The average molecular weight is 287 g/mol. The average Bonchev–Trinajstić information content (AvgIpc) is 2.73. The molecule has 2 N–H and O–H groups in total. The number of rotatable bonds is 3. The van der Waals surface area contributed by atoms with Crippen LogP contribution in [-0.2, 0) is 11.3 Å². The topological polar surface area (TPSA) is 41.1 Å². The first kappa shape index (κ1) is 13.2. The number of nitrogens with one attached hydrogen (secondary N) is 2. The van der Waals surface area contributed by atoms with Gasteiger partial charge in [0.1, 0.15) is 6.04 Å². The van der Waals surface area contributed by atoms with E-state index in [0.29, 0.717) is 11.6 Å². The highest BCUT2D eigenvalue weighted by Crippen LogP contribution is 2.32. The summed E-state index contributed by atoms with van der Waals surface area (Å²) in [6.07, 6.45) is 0. The Bertz CT molecular complexity index is 652. The number of hydrogen-bond acceptors (Lipinski definition) is 2. The number of carbonyl (C=O) groups is 1. The minimum atomic E-state index is -0.343. The van der Waals surface area contributed by atoms with Crippen molar-refractivity contribution in [2.24, 2.45) is 0 Å². The summed E-state index contributed by atoms with van der Waals surface area (Å²) < 4.78 is 0. The number of fused-ring (bicyclic) bond motifs is 1. The van der Waals surface area contributed by atoms with Crippen LogP contribution in [0, 0.1) is 6.92 Å². The Morgan fingerprint density at radius 1 is 1.20 bits per heavy atom. The predicted octanol–water partition coefficient (Wildman–Crippen LogP) is 3.43. The van der Waals surface area contributed by atoms with Crippen LogP contribution in [0.2, 0.25) is 5.02 Å². The Morgan fingerprint density at radius 2 is 1.95 bits per heavy atom. The van der Waals surface area contributed by atoms with Crippen LogP contribution >= 0.6 is 11.6 Å². The van der Waals surface area contributed by atoms with Gasteiger partial charge in [0.25, 0.3) is 0 Å². The fourth-order valence-electron chi connectivity index (χ4n) is 2.36. The highest BCUT2D eigenvalue weighted by molar-refractivity contribution is 6.31. The van der Waals surface area contributed by atoms with Crippen LogP contribution in [-0.4, -0.2) is 5.91 Å². The summed E-state index contributed by atoms with van der Waals surface area (Å²) in [4.78, 5) is 12.0. The van der Waals surface area contributed by atoms with Crippen molar-refractivity contribution in [3.05, 3.63) is 64.2 Å². The molecule has 102 valence electrons. The van der Waals surface area contributed by atoms with Gasteiger partial charge in [0, 0.05) is 22.8 Å². The summed E-state index contributed by atoms with van der Waals surface area (Å²) in [6, 6.07) is 13.4. The molecular formula is C16H15ClN2O. The lowest BCUT2D eigenvalue weighted by molar-refractivity contribution is -0.117. The molecular weight excluding hydrogens is 272 g/mol. The molecule has 1 atom stereocenters. The Hall–Kier alpha value is -1.84. The molecule has 0 saturated heterocycles. The van der Waals surface area contributed by atoms with Gasteiger partial charge in [-0.05, 0) is 30.7 Å². The molecule has 1 amide bonds. The fraction of sp³-hybridized carbons (Fsp3) is 0.188. The van der Waals surface area contributed by atoms with Crippen LogP contribution in [0.3, 0.4) is 0 Å². The van der Waals surface area contributed by atoms with E-state index in [0.717, 1.165) is 16.8 Å². The highest BCUT2D eigenvalue weighted by Gasteiger charge is 2.30. The smallest absolute Gasteiger partial charge is 0.246 e. The number of anilines is 1. The van der Waals surface area contributed by atoms with Crippen molar-refractivity contribution in [1.29, 1.82) is 0 Å². The number of aryl methyl sites for hydroxylation is 1. The number of halogens is 1. The molecule has 20 heavy (non-hydrogen) atoms. The third kappa shape index (κ3) is 2.55. The van der Waals surface area contributed by atoms with Gasteiger partial charge in [-0.15, -0.1) is 0 Å². The normalized spacial score (nSPS) is 16.9. The maximum atomic E-state index is 12.0. The van der Waals surface area contributed by atoms with E-state index in [-0.39, 0.29) is 11.9 Å². The standard InChI is InChI=1S/C16H15ClN2O/c1-10-2-4-11(5-3-10)9-18-15-13-8-12(17)6-7-14(13)19-16(15)20/h2-8,15,18H,9H2,1H3,(H,19,20). The molecule has 2 aromatic rings. The Morgan fingerprint density at radius 3 is 2.70 bits per heavy atom. The second kappa shape index (κ2) is 5.27. The van der Waals surface area contributed by atoms with Crippen LogP contribution in [0.1, 0.15) is 22.7 Å².